The summed E-state index contributed by atoms with van der Waals surface area (Å²) in [6.45, 7) is 10.00. The van der Waals surface area contributed by atoms with E-state index >= 15 is 0 Å². The second-order valence-corrected chi connectivity index (χ2v) is 8.51. The Morgan fingerprint density at radius 2 is 1.81 bits per heavy atom. The number of rotatable bonds is 5. The summed E-state index contributed by atoms with van der Waals surface area (Å²) in [7, 11) is 0. The van der Waals surface area contributed by atoms with E-state index in [1.807, 2.05) is 17.3 Å². The molecular formula is C21H33N5O. The van der Waals surface area contributed by atoms with Crippen molar-refractivity contribution in [1.82, 2.24) is 20.1 Å². The molecule has 1 N–H and O–H groups in total. The SMILES string of the molecule is Cc1cnccc1N1CCN(C(=O)NCC2CCN(CC3CC3)CC2)CC1. The fourth-order valence-corrected chi connectivity index (χ4v) is 4.35. The maximum absolute atomic E-state index is 12.5. The van der Waals surface area contributed by atoms with Gasteiger partial charge in [-0.1, -0.05) is 0 Å². The first-order valence-corrected chi connectivity index (χ1v) is 10.6. The molecule has 3 aliphatic rings. The summed E-state index contributed by atoms with van der Waals surface area (Å²) in [6, 6.07) is 2.18. The van der Waals surface area contributed by atoms with Crippen molar-refractivity contribution in [2.75, 3.05) is 57.3 Å². The van der Waals surface area contributed by atoms with Crippen LogP contribution in [0.5, 0.6) is 0 Å². The number of likely N-dealkylation sites (tertiary alicyclic amines) is 1. The summed E-state index contributed by atoms with van der Waals surface area (Å²) < 4.78 is 0. The van der Waals surface area contributed by atoms with Gasteiger partial charge < -0.3 is 20.0 Å². The molecule has 2 saturated heterocycles. The molecule has 0 aromatic carbocycles. The van der Waals surface area contributed by atoms with Crippen LogP contribution in [-0.2, 0) is 0 Å². The molecule has 0 spiro atoms. The number of aryl methyl sites for hydroxylation is 1. The van der Waals surface area contributed by atoms with Gasteiger partial charge in [0.1, 0.15) is 0 Å². The van der Waals surface area contributed by atoms with E-state index in [1.165, 1.54) is 56.6 Å². The Labute approximate surface area is 162 Å². The molecule has 0 atom stereocenters. The molecule has 1 aromatic heterocycles. The number of anilines is 1. The highest BCUT2D eigenvalue weighted by Crippen LogP contribution is 2.31. The summed E-state index contributed by atoms with van der Waals surface area (Å²) in [4.78, 5) is 23.7. The molecular weight excluding hydrogens is 338 g/mol. The highest BCUT2D eigenvalue weighted by molar-refractivity contribution is 5.74. The van der Waals surface area contributed by atoms with Crippen LogP contribution in [0.15, 0.2) is 18.5 Å². The van der Waals surface area contributed by atoms with Crippen LogP contribution >= 0.6 is 0 Å². The van der Waals surface area contributed by atoms with E-state index in [9.17, 15) is 4.79 Å². The molecule has 0 radical (unpaired) electrons. The molecule has 3 fully saturated rings. The molecule has 3 heterocycles. The maximum Gasteiger partial charge on any atom is 0.317 e. The largest absolute Gasteiger partial charge is 0.368 e. The monoisotopic (exact) mass is 371 g/mol. The molecule has 4 rings (SSSR count). The number of pyridine rings is 1. The lowest BCUT2D eigenvalue weighted by molar-refractivity contribution is 0.168. The van der Waals surface area contributed by atoms with Crippen LogP contribution in [0.2, 0.25) is 0 Å². The minimum absolute atomic E-state index is 0.113. The summed E-state index contributed by atoms with van der Waals surface area (Å²) in [5.74, 6) is 1.63. The predicted molar refractivity (Wildman–Crippen MR) is 108 cm³/mol. The molecule has 1 saturated carbocycles. The average Bonchev–Trinajstić information content (AvgIpc) is 3.52. The van der Waals surface area contributed by atoms with Gasteiger partial charge in [0.15, 0.2) is 0 Å². The van der Waals surface area contributed by atoms with E-state index in [0.29, 0.717) is 5.92 Å². The van der Waals surface area contributed by atoms with Gasteiger partial charge in [0.25, 0.3) is 0 Å². The highest BCUT2D eigenvalue weighted by atomic mass is 16.2. The summed E-state index contributed by atoms with van der Waals surface area (Å²) in [5, 5.41) is 3.20. The minimum atomic E-state index is 0.113. The van der Waals surface area contributed by atoms with Crippen molar-refractivity contribution in [1.29, 1.82) is 0 Å². The quantitative estimate of drug-likeness (QED) is 0.863. The molecule has 2 amide bonds. The fraction of sp³-hybridized carbons (Fsp3) is 0.714. The van der Waals surface area contributed by atoms with Gasteiger partial charge in [0, 0.05) is 57.3 Å². The van der Waals surface area contributed by atoms with Crippen LogP contribution in [0.3, 0.4) is 0 Å². The summed E-state index contributed by atoms with van der Waals surface area (Å²) >= 11 is 0. The second-order valence-electron chi connectivity index (χ2n) is 8.51. The van der Waals surface area contributed by atoms with Crippen LogP contribution in [0, 0.1) is 18.8 Å². The summed E-state index contributed by atoms with van der Waals surface area (Å²) in [6.07, 6.45) is 9.07. The molecule has 27 heavy (non-hydrogen) atoms. The number of nitrogens with one attached hydrogen (secondary N) is 1. The number of amides is 2. The van der Waals surface area contributed by atoms with Gasteiger partial charge in [-0.15, -0.1) is 0 Å². The normalized spacial score (nSPS) is 22.1. The van der Waals surface area contributed by atoms with Crippen LogP contribution in [0.4, 0.5) is 10.5 Å². The number of nitrogens with zero attached hydrogens (tertiary/aromatic N) is 4. The minimum Gasteiger partial charge on any atom is -0.368 e. The van der Waals surface area contributed by atoms with Crippen LogP contribution in [0.1, 0.15) is 31.2 Å². The number of carbonyl (C=O) groups is 1. The Hall–Kier alpha value is -1.82. The lowest BCUT2D eigenvalue weighted by Crippen LogP contribution is -2.52. The molecule has 1 aromatic rings. The maximum atomic E-state index is 12.5. The van der Waals surface area contributed by atoms with Gasteiger partial charge in [-0.25, -0.2) is 4.79 Å². The average molecular weight is 372 g/mol. The third-order valence-electron chi connectivity index (χ3n) is 6.36. The zero-order valence-electron chi connectivity index (χ0n) is 16.6. The van der Waals surface area contributed by atoms with E-state index in [0.717, 1.165) is 38.6 Å². The first kappa shape index (κ1) is 18.5. The van der Waals surface area contributed by atoms with Crippen molar-refractivity contribution in [3.05, 3.63) is 24.0 Å². The Kier molecular flexibility index (Phi) is 5.81. The van der Waals surface area contributed by atoms with Crippen LogP contribution < -0.4 is 10.2 Å². The third kappa shape index (κ3) is 4.92. The van der Waals surface area contributed by atoms with Crippen molar-refractivity contribution >= 4 is 11.7 Å². The van der Waals surface area contributed by atoms with E-state index < -0.39 is 0 Å². The molecule has 1 aliphatic carbocycles. The van der Waals surface area contributed by atoms with E-state index in [2.05, 4.69) is 33.1 Å². The Balaban J connectivity index is 1.16. The zero-order valence-corrected chi connectivity index (χ0v) is 16.6. The van der Waals surface area contributed by atoms with Crippen LogP contribution in [-0.4, -0.2) is 73.2 Å². The van der Waals surface area contributed by atoms with Gasteiger partial charge >= 0.3 is 6.03 Å². The predicted octanol–water partition coefficient (Wildman–Crippen LogP) is 2.34. The lowest BCUT2D eigenvalue weighted by atomic mass is 9.96. The third-order valence-corrected chi connectivity index (χ3v) is 6.36. The van der Waals surface area contributed by atoms with Gasteiger partial charge in [0.2, 0.25) is 0 Å². The Bertz CT molecular complexity index is 631. The van der Waals surface area contributed by atoms with Crippen molar-refractivity contribution in [3.63, 3.8) is 0 Å². The smallest absolute Gasteiger partial charge is 0.317 e. The first-order chi connectivity index (χ1) is 13.2. The Morgan fingerprint density at radius 3 is 2.48 bits per heavy atom. The standard InChI is InChI=1S/C21H33N5O/c1-17-14-22-7-4-20(17)25-10-12-26(13-11-25)21(27)23-15-18-5-8-24(9-6-18)16-19-2-3-19/h4,7,14,18-19H,2-3,5-6,8-13,15-16H2,1H3,(H,23,27). The first-order valence-electron chi connectivity index (χ1n) is 10.6. The van der Waals surface area contributed by atoms with Gasteiger partial charge in [-0.05, 0) is 69.2 Å². The Morgan fingerprint density at radius 1 is 1.07 bits per heavy atom. The molecule has 0 unspecified atom stereocenters. The van der Waals surface area contributed by atoms with E-state index in [1.54, 1.807) is 0 Å². The van der Waals surface area contributed by atoms with Crippen molar-refractivity contribution in [2.45, 2.75) is 32.6 Å². The highest BCUT2D eigenvalue weighted by Gasteiger charge is 2.28. The van der Waals surface area contributed by atoms with Crippen molar-refractivity contribution in [3.8, 4) is 0 Å². The number of urea groups is 1. The molecule has 2 aliphatic heterocycles. The molecule has 6 heteroatoms. The molecule has 6 nitrogen and oxygen atoms in total. The van der Waals surface area contributed by atoms with Crippen LogP contribution in [0.25, 0.3) is 0 Å². The van der Waals surface area contributed by atoms with Crippen molar-refractivity contribution in [2.24, 2.45) is 11.8 Å². The van der Waals surface area contributed by atoms with E-state index in [4.69, 9.17) is 0 Å². The van der Waals surface area contributed by atoms with E-state index in [-0.39, 0.29) is 6.03 Å². The lowest BCUT2D eigenvalue weighted by Gasteiger charge is -2.37. The summed E-state index contributed by atoms with van der Waals surface area (Å²) in [5.41, 5.74) is 2.44. The topological polar surface area (TPSA) is 51.7 Å². The number of piperazine rings is 1. The fourth-order valence-electron chi connectivity index (χ4n) is 4.35. The van der Waals surface area contributed by atoms with Gasteiger partial charge in [-0.3, -0.25) is 4.98 Å². The molecule has 0 bridgehead atoms. The second kappa shape index (κ2) is 8.46. The van der Waals surface area contributed by atoms with Gasteiger partial charge in [0.05, 0.1) is 0 Å². The number of carbonyl (C=O) groups excluding carboxylic acids is 1. The number of hydrogen-bond donors (Lipinski definition) is 1. The number of piperidine rings is 1. The zero-order chi connectivity index (χ0) is 18.6. The number of hydrogen-bond acceptors (Lipinski definition) is 4. The molecule has 148 valence electrons. The van der Waals surface area contributed by atoms with Crippen molar-refractivity contribution < 1.29 is 4.79 Å². The number of aromatic nitrogens is 1. The van der Waals surface area contributed by atoms with Gasteiger partial charge in [-0.2, -0.15) is 0 Å².